The molecule has 2 rings (SSSR count). The van der Waals surface area contributed by atoms with Gasteiger partial charge in [-0.05, 0) is 0 Å². The van der Waals surface area contributed by atoms with E-state index in [0.29, 0.717) is 24.7 Å². The molecule has 0 saturated heterocycles. The predicted molar refractivity (Wildman–Crippen MR) is 62.7 cm³/mol. The smallest absolute Gasteiger partial charge is 0.169 e. The Morgan fingerprint density at radius 3 is 2.82 bits per heavy atom. The fraction of sp³-hybridized carbons (Fsp3) is 0.455. The number of ether oxygens (including phenoxy) is 2. The standard InChI is InChI=1S/C11H14ClNO4/c12-6-4-8-11(17-3-1-2-16-8)9(10(6)15)7(13)5-14/h4,7,14-15H,1-3,5,13H2. The van der Waals surface area contributed by atoms with Crippen LogP contribution in [0.15, 0.2) is 6.07 Å². The monoisotopic (exact) mass is 259 g/mol. The molecule has 17 heavy (non-hydrogen) atoms. The van der Waals surface area contributed by atoms with Crippen molar-refractivity contribution in [3.8, 4) is 17.2 Å². The van der Waals surface area contributed by atoms with Gasteiger partial charge < -0.3 is 25.4 Å². The van der Waals surface area contributed by atoms with Crippen LogP contribution in [-0.4, -0.2) is 30.0 Å². The summed E-state index contributed by atoms with van der Waals surface area (Å²) in [5.74, 6) is 0.646. The molecule has 1 aliphatic heterocycles. The molecule has 1 aromatic carbocycles. The molecule has 0 saturated carbocycles. The highest BCUT2D eigenvalue weighted by Crippen LogP contribution is 2.45. The van der Waals surface area contributed by atoms with Gasteiger partial charge in [-0.25, -0.2) is 0 Å². The number of phenolic OH excluding ortho intramolecular Hbond substituents is 1. The lowest BCUT2D eigenvalue weighted by Crippen LogP contribution is -2.16. The zero-order chi connectivity index (χ0) is 12.4. The van der Waals surface area contributed by atoms with E-state index in [-0.39, 0.29) is 22.9 Å². The SMILES string of the molecule is NC(CO)c1c(O)c(Cl)cc2c1OCCCO2. The van der Waals surface area contributed by atoms with Crippen LogP contribution in [0.2, 0.25) is 5.02 Å². The molecule has 1 aliphatic rings. The molecule has 0 radical (unpaired) electrons. The molecular weight excluding hydrogens is 246 g/mol. The molecule has 0 aromatic heterocycles. The molecule has 0 amide bonds. The Bertz CT molecular complexity index is 424. The topological polar surface area (TPSA) is 84.9 Å². The minimum absolute atomic E-state index is 0.133. The van der Waals surface area contributed by atoms with Crippen molar-refractivity contribution in [3.63, 3.8) is 0 Å². The van der Waals surface area contributed by atoms with E-state index < -0.39 is 6.04 Å². The van der Waals surface area contributed by atoms with Crippen LogP contribution in [0.5, 0.6) is 17.2 Å². The summed E-state index contributed by atoms with van der Waals surface area (Å²) in [6, 6.07) is 0.731. The average molecular weight is 260 g/mol. The number of hydrogen-bond acceptors (Lipinski definition) is 5. The van der Waals surface area contributed by atoms with E-state index in [2.05, 4.69) is 0 Å². The summed E-state index contributed by atoms with van der Waals surface area (Å²) < 4.78 is 11.0. The summed E-state index contributed by atoms with van der Waals surface area (Å²) >= 11 is 5.88. The first kappa shape index (κ1) is 12.3. The molecule has 6 heteroatoms. The molecule has 0 aliphatic carbocycles. The summed E-state index contributed by atoms with van der Waals surface area (Å²) in [7, 11) is 0. The zero-order valence-electron chi connectivity index (χ0n) is 9.15. The summed E-state index contributed by atoms with van der Waals surface area (Å²) in [4.78, 5) is 0. The van der Waals surface area contributed by atoms with E-state index in [1.165, 1.54) is 6.07 Å². The molecule has 1 heterocycles. The second kappa shape index (κ2) is 5.00. The number of benzene rings is 1. The number of fused-ring (bicyclic) bond motifs is 1. The Kier molecular flexibility index (Phi) is 3.61. The predicted octanol–water partition coefficient (Wildman–Crippen LogP) is 1.20. The van der Waals surface area contributed by atoms with Crippen molar-refractivity contribution in [1.29, 1.82) is 0 Å². The van der Waals surface area contributed by atoms with E-state index in [9.17, 15) is 5.11 Å². The number of aromatic hydroxyl groups is 1. The third-order valence-corrected chi connectivity index (χ3v) is 2.86. The largest absolute Gasteiger partial charge is 0.506 e. The van der Waals surface area contributed by atoms with E-state index in [1.807, 2.05) is 0 Å². The van der Waals surface area contributed by atoms with E-state index in [4.69, 9.17) is 31.9 Å². The lowest BCUT2D eigenvalue weighted by atomic mass is 10.0. The fourth-order valence-corrected chi connectivity index (χ4v) is 1.93. The quantitative estimate of drug-likeness (QED) is 0.743. The molecule has 0 spiro atoms. The van der Waals surface area contributed by atoms with Gasteiger partial charge in [0.25, 0.3) is 0 Å². The van der Waals surface area contributed by atoms with Gasteiger partial charge in [0, 0.05) is 12.5 Å². The van der Waals surface area contributed by atoms with Crippen molar-refractivity contribution < 1.29 is 19.7 Å². The van der Waals surface area contributed by atoms with Crippen molar-refractivity contribution in [2.75, 3.05) is 19.8 Å². The van der Waals surface area contributed by atoms with Crippen LogP contribution in [0.3, 0.4) is 0 Å². The maximum absolute atomic E-state index is 9.89. The van der Waals surface area contributed by atoms with Gasteiger partial charge in [0.05, 0.1) is 36.4 Å². The van der Waals surface area contributed by atoms with Crippen LogP contribution in [0.1, 0.15) is 18.0 Å². The Balaban J connectivity index is 2.57. The van der Waals surface area contributed by atoms with Crippen LogP contribution in [0.25, 0.3) is 0 Å². The number of hydrogen-bond donors (Lipinski definition) is 3. The van der Waals surface area contributed by atoms with Crippen LogP contribution in [0, 0.1) is 0 Å². The highest BCUT2D eigenvalue weighted by Gasteiger charge is 2.25. The molecule has 1 atom stereocenters. The minimum Gasteiger partial charge on any atom is -0.506 e. The van der Waals surface area contributed by atoms with Crippen LogP contribution < -0.4 is 15.2 Å². The van der Waals surface area contributed by atoms with E-state index in [1.54, 1.807) is 0 Å². The number of nitrogens with two attached hydrogens (primary N) is 1. The van der Waals surface area contributed by atoms with Gasteiger partial charge in [0.2, 0.25) is 0 Å². The first-order valence-corrected chi connectivity index (χ1v) is 5.70. The second-order valence-corrected chi connectivity index (χ2v) is 4.19. The Hall–Kier alpha value is -1.17. The number of halogens is 1. The Morgan fingerprint density at radius 2 is 2.12 bits per heavy atom. The fourth-order valence-electron chi connectivity index (χ4n) is 1.72. The molecule has 94 valence electrons. The highest BCUT2D eigenvalue weighted by atomic mass is 35.5. The molecule has 4 N–H and O–H groups in total. The number of rotatable bonds is 2. The van der Waals surface area contributed by atoms with E-state index >= 15 is 0 Å². The number of aliphatic hydroxyl groups is 1. The van der Waals surface area contributed by atoms with Gasteiger partial charge in [0.1, 0.15) is 5.75 Å². The highest BCUT2D eigenvalue weighted by molar-refractivity contribution is 6.32. The maximum atomic E-state index is 9.89. The molecule has 1 unspecified atom stereocenters. The molecule has 0 fully saturated rings. The van der Waals surface area contributed by atoms with Crippen molar-refractivity contribution in [3.05, 3.63) is 16.7 Å². The minimum atomic E-state index is -0.760. The summed E-state index contributed by atoms with van der Waals surface area (Å²) in [5.41, 5.74) is 6.02. The molecular formula is C11H14ClNO4. The lowest BCUT2D eigenvalue weighted by Gasteiger charge is -2.18. The number of phenols is 1. The normalized spacial score (nSPS) is 16.4. The zero-order valence-corrected chi connectivity index (χ0v) is 9.91. The number of aliphatic hydroxyl groups excluding tert-OH is 1. The van der Waals surface area contributed by atoms with Gasteiger partial charge in [-0.1, -0.05) is 11.6 Å². The third-order valence-electron chi connectivity index (χ3n) is 2.57. The van der Waals surface area contributed by atoms with Gasteiger partial charge >= 0.3 is 0 Å². The third kappa shape index (κ3) is 2.26. The first-order chi connectivity index (χ1) is 8.15. The van der Waals surface area contributed by atoms with Crippen molar-refractivity contribution in [2.24, 2.45) is 5.73 Å². The summed E-state index contributed by atoms with van der Waals surface area (Å²) in [6.07, 6.45) is 0.737. The Labute approximate surface area is 104 Å². The Morgan fingerprint density at radius 1 is 1.41 bits per heavy atom. The van der Waals surface area contributed by atoms with Crippen molar-refractivity contribution in [2.45, 2.75) is 12.5 Å². The van der Waals surface area contributed by atoms with Crippen molar-refractivity contribution in [1.82, 2.24) is 0 Å². The molecule has 0 bridgehead atoms. The second-order valence-electron chi connectivity index (χ2n) is 3.79. The maximum Gasteiger partial charge on any atom is 0.169 e. The average Bonchev–Trinajstić information content (AvgIpc) is 2.55. The van der Waals surface area contributed by atoms with Crippen LogP contribution in [-0.2, 0) is 0 Å². The van der Waals surface area contributed by atoms with Crippen LogP contribution in [0.4, 0.5) is 0 Å². The molecule has 5 nitrogen and oxygen atoms in total. The summed E-state index contributed by atoms with van der Waals surface area (Å²) in [6.45, 7) is 0.671. The van der Waals surface area contributed by atoms with Crippen LogP contribution >= 0.6 is 11.6 Å². The van der Waals surface area contributed by atoms with Gasteiger partial charge in [-0.2, -0.15) is 0 Å². The van der Waals surface area contributed by atoms with Crippen molar-refractivity contribution >= 4 is 11.6 Å². The van der Waals surface area contributed by atoms with Gasteiger partial charge in [-0.3, -0.25) is 0 Å². The van der Waals surface area contributed by atoms with Gasteiger partial charge in [-0.15, -0.1) is 0 Å². The van der Waals surface area contributed by atoms with E-state index in [0.717, 1.165) is 6.42 Å². The lowest BCUT2D eigenvalue weighted by molar-refractivity contribution is 0.257. The van der Waals surface area contributed by atoms with Gasteiger partial charge in [0.15, 0.2) is 11.5 Å². The first-order valence-electron chi connectivity index (χ1n) is 5.32. The molecule has 1 aromatic rings. The summed E-state index contributed by atoms with van der Waals surface area (Å²) in [5, 5.41) is 19.1.